The van der Waals surface area contributed by atoms with Crippen molar-refractivity contribution in [3.8, 4) is 0 Å². The highest BCUT2D eigenvalue weighted by Crippen LogP contribution is 2.18. The predicted molar refractivity (Wildman–Crippen MR) is 76.0 cm³/mol. The minimum absolute atomic E-state index is 0.00910. The predicted octanol–water partition coefficient (Wildman–Crippen LogP) is 0.797. The van der Waals surface area contributed by atoms with Crippen LogP contribution in [-0.4, -0.2) is 33.6 Å². The fourth-order valence-electron chi connectivity index (χ4n) is 1.51. The van der Waals surface area contributed by atoms with Crippen molar-refractivity contribution in [2.45, 2.75) is 31.2 Å². The molecule has 0 radical (unpaired) electrons. The van der Waals surface area contributed by atoms with Crippen LogP contribution < -0.4 is 10.5 Å². The molecule has 1 aromatic rings. The number of ether oxygens (including phenoxy) is 1. The molecule has 7 heteroatoms. The van der Waals surface area contributed by atoms with Gasteiger partial charge in [0.2, 0.25) is 10.0 Å². The number of nitrogens with one attached hydrogen (secondary N) is 1. The summed E-state index contributed by atoms with van der Waals surface area (Å²) in [5, 5.41) is 0. The molecule has 0 unspecified atom stereocenters. The Morgan fingerprint density at radius 3 is 2.50 bits per heavy atom. The summed E-state index contributed by atoms with van der Waals surface area (Å²) >= 11 is 0. The highest BCUT2D eigenvalue weighted by Gasteiger charge is 2.24. The second-order valence-electron chi connectivity index (χ2n) is 5.30. The van der Waals surface area contributed by atoms with Crippen molar-refractivity contribution >= 4 is 16.0 Å². The third-order valence-corrected chi connectivity index (χ3v) is 4.01. The van der Waals surface area contributed by atoms with Gasteiger partial charge in [0.25, 0.3) is 0 Å². The van der Waals surface area contributed by atoms with Gasteiger partial charge in [-0.1, -0.05) is 11.6 Å². The number of sulfonamides is 1. The van der Waals surface area contributed by atoms with E-state index in [0.717, 1.165) is 5.56 Å². The van der Waals surface area contributed by atoms with Crippen LogP contribution in [0.1, 0.15) is 29.8 Å². The summed E-state index contributed by atoms with van der Waals surface area (Å²) in [5.41, 5.74) is 5.84. The molecule has 0 spiro atoms. The standard InChI is InChI=1S/C13H20N2O4S/c1-9-5-6-11(10(7-9)12(16)19-4)20(17,18)15-8-13(2,3)14/h5-7,15H,8,14H2,1-4H3. The lowest BCUT2D eigenvalue weighted by Gasteiger charge is -2.19. The highest BCUT2D eigenvalue weighted by atomic mass is 32.2. The molecule has 0 heterocycles. The van der Waals surface area contributed by atoms with E-state index in [1.165, 1.54) is 19.2 Å². The lowest BCUT2D eigenvalue weighted by molar-refractivity contribution is 0.0596. The topological polar surface area (TPSA) is 98.5 Å². The maximum Gasteiger partial charge on any atom is 0.339 e. The summed E-state index contributed by atoms with van der Waals surface area (Å²) in [6, 6.07) is 4.48. The molecule has 1 aromatic carbocycles. The molecular formula is C13H20N2O4S. The van der Waals surface area contributed by atoms with Gasteiger partial charge in [-0.2, -0.15) is 0 Å². The first kappa shape index (κ1) is 16.6. The van der Waals surface area contributed by atoms with Gasteiger partial charge in [-0.25, -0.2) is 17.9 Å². The van der Waals surface area contributed by atoms with E-state index in [1.54, 1.807) is 26.8 Å². The zero-order valence-electron chi connectivity index (χ0n) is 12.1. The second kappa shape index (κ2) is 5.90. The van der Waals surface area contributed by atoms with Gasteiger partial charge in [0.15, 0.2) is 0 Å². The molecule has 112 valence electrons. The van der Waals surface area contributed by atoms with E-state index < -0.39 is 21.5 Å². The highest BCUT2D eigenvalue weighted by molar-refractivity contribution is 7.89. The molecule has 20 heavy (non-hydrogen) atoms. The molecule has 0 fully saturated rings. The molecule has 3 N–H and O–H groups in total. The number of hydrogen-bond donors (Lipinski definition) is 2. The van der Waals surface area contributed by atoms with E-state index in [-0.39, 0.29) is 17.0 Å². The molecule has 0 aliphatic carbocycles. The lowest BCUT2D eigenvalue weighted by atomic mass is 10.1. The second-order valence-corrected chi connectivity index (χ2v) is 7.04. The van der Waals surface area contributed by atoms with Crippen molar-refractivity contribution in [2.75, 3.05) is 13.7 Å². The quantitative estimate of drug-likeness (QED) is 0.784. The number of carbonyl (C=O) groups excluding carboxylic acids is 1. The van der Waals surface area contributed by atoms with Crippen molar-refractivity contribution < 1.29 is 17.9 Å². The molecule has 0 aromatic heterocycles. The normalized spacial score (nSPS) is 12.2. The smallest absolute Gasteiger partial charge is 0.339 e. The van der Waals surface area contributed by atoms with Gasteiger partial charge in [0.05, 0.1) is 17.6 Å². The van der Waals surface area contributed by atoms with Crippen LogP contribution in [0.15, 0.2) is 23.1 Å². The molecule has 0 atom stereocenters. The summed E-state index contributed by atoms with van der Waals surface area (Å²) in [6.07, 6.45) is 0. The molecule has 0 saturated carbocycles. The first-order valence-corrected chi connectivity index (χ1v) is 7.53. The Balaban J connectivity index is 3.21. The number of nitrogens with two attached hydrogens (primary N) is 1. The molecule has 0 amide bonds. The van der Waals surface area contributed by atoms with Gasteiger partial charge in [-0.3, -0.25) is 0 Å². The van der Waals surface area contributed by atoms with Crippen molar-refractivity contribution in [3.05, 3.63) is 29.3 Å². The van der Waals surface area contributed by atoms with E-state index in [4.69, 9.17) is 5.73 Å². The minimum atomic E-state index is -3.83. The number of carbonyl (C=O) groups is 1. The Kier molecular flexibility index (Phi) is 4.90. The maximum atomic E-state index is 12.3. The zero-order valence-corrected chi connectivity index (χ0v) is 12.9. The molecule has 0 aliphatic heterocycles. The number of rotatable bonds is 5. The Bertz CT molecular complexity index is 603. The molecule has 0 aliphatic rings. The Labute approximate surface area is 119 Å². The van der Waals surface area contributed by atoms with Crippen LogP contribution in [0.25, 0.3) is 0 Å². The summed E-state index contributed by atoms with van der Waals surface area (Å²) in [4.78, 5) is 11.6. The molecule has 6 nitrogen and oxygen atoms in total. The van der Waals surface area contributed by atoms with Gasteiger partial charge in [-0.05, 0) is 32.9 Å². The van der Waals surface area contributed by atoms with Crippen LogP contribution in [0, 0.1) is 6.92 Å². The van der Waals surface area contributed by atoms with Crippen LogP contribution in [0.4, 0.5) is 0 Å². The average Bonchev–Trinajstić information content (AvgIpc) is 2.34. The largest absolute Gasteiger partial charge is 0.465 e. The van der Waals surface area contributed by atoms with E-state index in [0.29, 0.717) is 0 Å². The number of aryl methyl sites for hydroxylation is 1. The Morgan fingerprint density at radius 2 is 2.00 bits per heavy atom. The maximum absolute atomic E-state index is 12.3. The summed E-state index contributed by atoms with van der Waals surface area (Å²) in [6.45, 7) is 5.22. The molecular weight excluding hydrogens is 280 g/mol. The van der Waals surface area contributed by atoms with Gasteiger partial charge in [0, 0.05) is 12.1 Å². The van der Waals surface area contributed by atoms with Crippen LogP contribution in [0.5, 0.6) is 0 Å². The summed E-state index contributed by atoms with van der Waals surface area (Å²) < 4.78 is 31.5. The Hall–Kier alpha value is -1.44. The molecule has 0 bridgehead atoms. The fraction of sp³-hybridized carbons (Fsp3) is 0.462. The van der Waals surface area contributed by atoms with E-state index >= 15 is 0 Å². The van der Waals surface area contributed by atoms with Crippen molar-refractivity contribution in [2.24, 2.45) is 5.73 Å². The van der Waals surface area contributed by atoms with Crippen LogP contribution in [-0.2, 0) is 14.8 Å². The number of hydrogen-bond acceptors (Lipinski definition) is 5. The fourth-order valence-corrected chi connectivity index (χ4v) is 2.90. The van der Waals surface area contributed by atoms with Gasteiger partial charge >= 0.3 is 5.97 Å². The molecule has 0 saturated heterocycles. The Morgan fingerprint density at radius 1 is 1.40 bits per heavy atom. The van der Waals surface area contributed by atoms with Crippen molar-refractivity contribution in [3.63, 3.8) is 0 Å². The average molecular weight is 300 g/mol. The number of esters is 1. The first-order valence-electron chi connectivity index (χ1n) is 6.04. The number of methoxy groups -OCH3 is 1. The van der Waals surface area contributed by atoms with Crippen molar-refractivity contribution in [1.29, 1.82) is 0 Å². The third-order valence-electron chi connectivity index (χ3n) is 2.55. The van der Waals surface area contributed by atoms with E-state index in [2.05, 4.69) is 9.46 Å². The summed E-state index contributed by atoms with van der Waals surface area (Å²) in [5.74, 6) is -0.693. The van der Waals surface area contributed by atoms with Gasteiger partial charge < -0.3 is 10.5 Å². The van der Waals surface area contributed by atoms with Crippen molar-refractivity contribution in [1.82, 2.24) is 4.72 Å². The minimum Gasteiger partial charge on any atom is -0.465 e. The molecule has 1 rings (SSSR count). The zero-order chi connectivity index (χ0) is 15.6. The monoisotopic (exact) mass is 300 g/mol. The summed E-state index contributed by atoms with van der Waals surface area (Å²) in [7, 11) is -2.62. The van der Waals surface area contributed by atoms with E-state index in [1.807, 2.05) is 0 Å². The number of benzene rings is 1. The SMILES string of the molecule is COC(=O)c1cc(C)ccc1S(=O)(=O)NCC(C)(C)N. The third kappa shape index (κ3) is 4.29. The van der Waals surface area contributed by atoms with Crippen LogP contribution in [0.2, 0.25) is 0 Å². The van der Waals surface area contributed by atoms with Gasteiger partial charge in [-0.15, -0.1) is 0 Å². The lowest BCUT2D eigenvalue weighted by Crippen LogP contribution is -2.45. The van der Waals surface area contributed by atoms with Crippen LogP contribution >= 0.6 is 0 Å². The van der Waals surface area contributed by atoms with E-state index in [9.17, 15) is 13.2 Å². The first-order chi connectivity index (χ1) is 9.07. The van der Waals surface area contributed by atoms with Gasteiger partial charge in [0.1, 0.15) is 0 Å². The van der Waals surface area contributed by atoms with Crippen LogP contribution in [0.3, 0.4) is 0 Å².